The third-order valence-corrected chi connectivity index (χ3v) is 11.6. The molecule has 0 spiro atoms. The maximum Gasteiger partial charge on any atom is 0.143 e. The van der Waals surface area contributed by atoms with Crippen LogP contribution in [-0.2, 0) is 0 Å². The number of anilines is 3. The van der Waals surface area contributed by atoms with Gasteiger partial charge in [0.25, 0.3) is 0 Å². The molecule has 3 heteroatoms. The standard InChI is InChI=1S/C54H33NO2/c1-2-19-43-41(17-1)42-18-3-4-20-44(42)50-33-38(29-30-45(43)50)55(36-15-9-13-34(31-36)39-23-11-25-48-46-21-5-7-27-51(46)56-53(39)48)37-16-10-14-35(32-37)40-24-12-26-49-47-22-6-8-28-52(47)57-54(40)49/h1-33H. The molecule has 0 saturated heterocycles. The summed E-state index contributed by atoms with van der Waals surface area (Å²) in [5.41, 5.74) is 11.0. The molecule has 0 saturated carbocycles. The summed E-state index contributed by atoms with van der Waals surface area (Å²) in [6.07, 6.45) is 0. The average Bonchev–Trinajstić information content (AvgIpc) is 3.86. The Morgan fingerprint density at radius 1 is 0.263 bits per heavy atom. The molecule has 0 atom stereocenters. The minimum absolute atomic E-state index is 0.893. The highest BCUT2D eigenvalue weighted by Gasteiger charge is 2.20. The van der Waals surface area contributed by atoms with Gasteiger partial charge >= 0.3 is 0 Å². The van der Waals surface area contributed by atoms with E-state index in [0.29, 0.717) is 0 Å². The quantitative estimate of drug-likeness (QED) is 0.165. The van der Waals surface area contributed by atoms with E-state index < -0.39 is 0 Å². The summed E-state index contributed by atoms with van der Waals surface area (Å²) in [4.78, 5) is 2.38. The van der Waals surface area contributed by atoms with Crippen LogP contribution in [-0.4, -0.2) is 0 Å². The molecule has 57 heavy (non-hydrogen) atoms. The van der Waals surface area contributed by atoms with Gasteiger partial charge in [0.15, 0.2) is 0 Å². The van der Waals surface area contributed by atoms with Gasteiger partial charge in [-0.15, -0.1) is 0 Å². The van der Waals surface area contributed by atoms with Crippen LogP contribution in [0.25, 0.3) is 98.4 Å². The highest BCUT2D eigenvalue weighted by molar-refractivity contribution is 6.26. The van der Waals surface area contributed by atoms with Crippen LogP contribution in [0.1, 0.15) is 0 Å². The number of hydrogen-bond acceptors (Lipinski definition) is 3. The number of rotatable bonds is 5. The molecule has 2 heterocycles. The zero-order valence-corrected chi connectivity index (χ0v) is 30.8. The highest BCUT2D eigenvalue weighted by Crippen LogP contribution is 2.44. The summed E-state index contributed by atoms with van der Waals surface area (Å²) in [5, 5.41) is 12.0. The fourth-order valence-electron chi connectivity index (χ4n) is 9.06. The van der Waals surface area contributed by atoms with Gasteiger partial charge in [-0.1, -0.05) is 152 Å². The lowest BCUT2D eigenvalue weighted by molar-refractivity contribution is 0.669. The van der Waals surface area contributed by atoms with Crippen LogP contribution < -0.4 is 4.90 Å². The van der Waals surface area contributed by atoms with Crippen LogP contribution in [0.4, 0.5) is 17.1 Å². The Labute approximate surface area is 328 Å². The largest absolute Gasteiger partial charge is 0.455 e. The number of para-hydroxylation sites is 4. The van der Waals surface area contributed by atoms with Crippen molar-refractivity contribution in [2.24, 2.45) is 0 Å². The average molecular weight is 728 g/mol. The lowest BCUT2D eigenvalue weighted by Crippen LogP contribution is -2.10. The molecule has 0 amide bonds. The zero-order valence-electron chi connectivity index (χ0n) is 30.8. The monoisotopic (exact) mass is 727 g/mol. The molecule has 10 aromatic carbocycles. The third kappa shape index (κ3) is 4.92. The van der Waals surface area contributed by atoms with E-state index in [0.717, 1.165) is 83.2 Å². The summed E-state index contributed by atoms with van der Waals surface area (Å²) in [7, 11) is 0. The number of fused-ring (bicyclic) bond motifs is 12. The molecule has 0 unspecified atom stereocenters. The molecule has 3 nitrogen and oxygen atoms in total. The predicted octanol–water partition coefficient (Wildman–Crippen LogP) is 15.7. The molecule has 266 valence electrons. The van der Waals surface area contributed by atoms with Gasteiger partial charge in [0, 0.05) is 49.7 Å². The molecule has 0 aliphatic rings. The van der Waals surface area contributed by atoms with Crippen LogP contribution in [0.3, 0.4) is 0 Å². The number of hydrogen-bond donors (Lipinski definition) is 0. The first-order chi connectivity index (χ1) is 28.3. The second-order valence-corrected chi connectivity index (χ2v) is 14.8. The molecule has 0 aliphatic carbocycles. The predicted molar refractivity (Wildman–Crippen MR) is 239 cm³/mol. The van der Waals surface area contributed by atoms with Crippen molar-refractivity contribution >= 4 is 93.3 Å². The van der Waals surface area contributed by atoms with Gasteiger partial charge in [-0.3, -0.25) is 0 Å². The van der Waals surface area contributed by atoms with Crippen molar-refractivity contribution in [1.82, 2.24) is 0 Å². The van der Waals surface area contributed by atoms with Crippen molar-refractivity contribution < 1.29 is 8.83 Å². The molecule has 0 aliphatic heterocycles. The minimum atomic E-state index is 0.893. The number of benzene rings is 10. The topological polar surface area (TPSA) is 29.5 Å². The summed E-state index contributed by atoms with van der Waals surface area (Å²) in [6.45, 7) is 0. The Kier molecular flexibility index (Phi) is 6.93. The highest BCUT2D eigenvalue weighted by atomic mass is 16.3. The molecular formula is C54H33NO2. The van der Waals surface area contributed by atoms with E-state index >= 15 is 0 Å². The van der Waals surface area contributed by atoms with E-state index in [1.165, 1.54) is 32.3 Å². The second-order valence-electron chi connectivity index (χ2n) is 14.8. The summed E-state index contributed by atoms with van der Waals surface area (Å²) in [5.74, 6) is 0. The third-order valence-electron chi connectivity index (χ3n) is 11.6. The zero-order chi connectivity index (χ0) is 37.5. The second kappa shape index (κ2) is 12.5. The molecule has 0 radical (unpaired) electrons. The smallest absolute Gasteiger partial charge is 0.143 e. The summed E-state index contributed by atoms with van der Waals surface area (Å²) >= 11 is 0. The molecule has 12 aromatic rings. The molecule has 2 aromatic heterocycles. The lowest BCUT2D eigenvalue weighted by atomic mass is 9.94. The number of nitrogens with zero attached hydrogens (tertiary/aromatic N) is 1. The molecule has 12 rings (SSSR count). The summed E-state index contributed by atoms with van der Waals surface area (Å²) < 4.78 is 13.1. The van der Waals surface area contributed by atoms with Crippen molar-refractivity contribution in [3.05, 3.63) is 200 Å². The van der Waals surface area contributed by atoms with E-state index in [-0.39, 0.29) is 0 Å². The Morgan fingerprint density at radius 2 is 0.649 bits per heavy atom. The van der Waals surface area contributed by atoms with Gasteiger partial charge in [0.05, 0.1) is 0 Å². The molecule has 0 fully saturated rings. The molecular weight excluding hydrogens is 695 g/mol. The SMILES string of the molecule is c1cc(-c2cccc3c2oc2ccccc23)cc(N(c2cccc(-c3cccc4c3oc3ccccc34)c2)c2ccc3c4ccccc4c4ccccc4c3c2)c1. The van der Waals surface area contributed by atoms with Gasteiger partial charge in [-0.05, 0) is 92.0 Å². The van der Waals surface area contributed by atoms with Crippen molar-refractivity contribution in [2.75, 3.05) is 4.90 Å². The van der Waals surface area contributed by atoms with Crippen molar-refractivity contribution in [3.8, 4) is 22.3 Å². The van der Waals surface area contributed by atoms with E-state index in [4.69, 9.17) is 8.83 Å². The van der Waals surface area contributed by atoms with Gasteiger partial charge in [-0.25, -0.2) is 0 Å². The maximum absolute atomic E-state index is 6.53. The Balaban J connectivity index is 1.09. The van der Waals surface area contributed by atoms with Crippen molar-refractivity contribution in [3.63, 3.8) is 0 Å². The maximum atomic E-state index is 6.53. The fraction of sp³-hybridized carbons (Fsp3) is 0. The van der Waals surface area contributed by atoms with Gasteiger partial charge in [-0.2, -0.15) is 0 Å². The van der Waals surface area contributed by atoms with Crippen molar-refractivity contribution in [2.45, 2.75) is 0 Å². The van der Waals surface area contributed by atoms with Crippen LogP contribution in [0.5, 0.6) is 0 Å². The van der Waals surface area contributed by atoms with E-state index in [9.17, 15) is 0 Å². The number of furan rings is 2. The van der Waals surface area contributed by atoms with Crippen LogP contribution in [0.15, 0.2) is 209 Å². The van der Waals surface area contributed by atoms with Crippen molar-refractivity contribution in [1.29, 1.82) is 0 Å². The first kappa shape index (κ1) is 31.7. The first-order valence-corrected chi connectivity index (χ1v) is 19.4. The van der Waals surface area contributed by atoms with E-state index in [1.54, 1.807) is 0 Å². The summed E-state index contributed by atoms with van der Waals surface area (Å²) in [6, 6.07) is 71.6. The Hall–Kier alpha value is -7.62. The van der Waals surface area contributed by atoms with Crippen LogP contribution in [0.2, 0.25) is 0 Å². The van der Waals surface area contributed by atoms with E-state index in [2.05, 4.69) is 181 Å². The van der Waals surface area contributed by atoms with E-state index in [1.807, 2.05) is 24.3 Å². The van der Waals surface area contributed by atoms with Crippen LogP contribution in [0, 0.1) is 0 Å². The molecule has 0 N–H and O–H groups in total. The lowest BCUT2D eigenvalue weighted by Gasteiger charge is -2.27. The van der Waals surface area contributed by atoms with Gasteiger partial charge in [0.1, 0.15) is 22.3 Å². The van der Waals surface area contributed by atoms with Gasteiger partial charge < -0.3 is 13.7 Å². The molecule has 0 bridgehead atoms. The van der Waals surface area contributed by atoms with Crippen LogP contribution >= 0.6 is 0 Å². The normalized spacial score (nSPS) is 11.9. The Morgan fingerprint density at radius 3 is 1.16 bits per heavy atom. The fourth-order valence-corrected chi connectivity index (χ4v) is 9.06. The Bertz CT molecular complexity index is 3360. The first-order valence-electron chi connectivity index (χ1n) is 19.4. The van der Waals surface area contributed by atoms with Gasteiger partial charge in [0.2, 0.25) is 0 Å². The minimum Gasteiger partial charge on any atom is -0.455 e.